The number of fused-ring (bicyclic) bond motifs is 3. The van der Waals surface area contributed by atoms with Crippen LogP contribution in [-0.2, 0) is 14.3 Å². The van der Waals surface area contributed by atoms with Gasteiger partial charge in [-0.1, -0.05) is 18.2 Å². The van der Waals surface area contributed by atoms with E-state index in [4.69, 9.17) is 28.4 Å². The fourth-order valence-corrected chi connectivity index (χ4v) is 5.51. The number of aromatic hydroxyl groups is 1. The first-order valence-electron chi connectivity index (χ1n) is 11.8. The normalized spacial score (nSPS) is 23.0. The number of hydrogen-bond acceptors (Lipinski definition) is 9. The second-order valence-electron chi connectivity index (χ2n) is 9.10. The van der Waals surface area contributed by atoms with Crippen molar-refractivity contribution in [1.29, 1.82) is 0 Å². The molecule has 1 unspecified atom stereocenters. The summed E-state index contributed by atoms with van der Waals surface area (Å²) >= 11 is 0. The molecule has 1 saturated heterocycles. The Bertz CT molecular complexity index is 1360. The standard InChI is InChI=1S/C28H24O9/c1-32-21-8-15(9-22(33-2)25(21)29)23-16-10-19-20(36-13-35-19)11-17(16)26(18-12-34-28(31)24(18)23)37-27(30)14-6-4-3-5-7-14/h3-11,18,23-24,26,29H,12-13H2,1-2H3/t18?,23-,24+,26-/m1/s1. The third-order valence-corrected chi connectivity index (χ3v) is 7.22. The molecule has 2 heterocycles. The summed E-state index contributed by atoms with van der Waals surface area (Å²) in [5.41, 5.74) is 2.50. The largest absolute Gasteiger partial charge is 0.502 e. The van der Waals surface area contributed by atoms with Crippen molar-refractivity contribution in [3.63, 3.8) is 0 Å². The van der Waals surface area contributed by atoms with E-state index in [0.717, 1.165) is 5.56 Å². The van der Waals surface area contributed by atoms with Gasteiger partial charge in [-0.2, -0.15) is 0 Å². The highest BCUT2D eigenvalue weighted by atomic mass is 16.7. The van der Waals surface area contributed by atoms with E-state index in [0.29, 0.717) is 28.2 Å². The lowest BCUT2D eigenvalue weighted by Crippen LogP contribution is -2.36. The average molecular weight is 504 g/mol. The minimum absolute atomic E-state index is 0.0626. The first kappa shape index (κ1) is 23.0. The number of esters is 2. The van der Waals surface area contributed by atoms with E-state index in [1.54, 1.807) is 36.4 Å². The first-order chi connectivity index (χ1) is 18.0. The van der Waals surface area contributed by atoms with Crippen LogP contribution in [0, 0.1) is 11.8 Å². The van der Waals surface area contributed by atoms with Gasteiger partial charge in [0.05, 0.1) is 32.3 Å². The van der Waals surface area contributed by atoms with Crippen molar-refractivity contribution in [1.82, 2.24) is 0 Å². The monoisotopic (exact) mass is 504 g/mol. The summed E-state index contributed by atoms with van der Waals surface area (Å²) in [6.07, 6.45) is -0.759. The number of benzene rings is 3. The summed E-state index contributed by atoms with van der Waals surface area (Å²) in [7, 11) is 2.88. The van der Waals surface area contributed by atoms with Crippen LogP contribution in [0.3, 0.4) is 0 Å². The van der Waals surface area contributed by atoms with Crippen LogP contribution in [0.2, 0.25) is 0 Å². The van der Waals surface area contributed by atoms with Crippen LogP contribution < -0.4 is 18.9 Å². The molecule has 3 aromatic rings. The summed E-state index contributed by atoms with van der Waals surface area (Å²) in [5, 5.41) is 10.5. The van der Waals surface area contributed by atoms with Crippen LogP contribution in [0.5, 0.6) is 28.7 Å². The van der Waals surface area contributed by atoms with Crippen molar-refractivity contribution in [2.75, 3.05) is 27.6 Å². The van der Waals surface area contributed by atoms with Crippen molar-refractivity contribution in [3.8, 4) is 28.7 Å². The van der Waals surface area contributed by atoms with E-state index in [2.05, 4.69) is 0 Å². The van der Waals surface area contributed by atoms with Crippen LogP contribution in [-0.4, -0.2) is 44.7 Å². The molecular formula is C28H24O9. The molecule has 0 saturated carbocycles. The summed E-state index contributed by atoms with van der Waals surface area (Å²) in [6.45, 7) is 0.153. The summed E-state index contributed by atoms with van der Waals surface area (Å²) in [4.78, 5) is 26.3. The molecule has 2 aliphatic heterocycles. The van der Waals surface area contributed by atoms with Crippen molar-refractivity contribution in [3.05, 3.63) is 76.9 Å². The second kappa shape index (κ2) is 8.92. The number of carbonyl (C=O) groups excluding carboxylic acids is 2. The Morgan fingerprint density at radius 2 is 1.57 bits per heavy atom. The number of cyclic esters (lactones) is 1. The van der Waals surface area contributed by atoms with E-state index in [9.17, 15) is 14.7 Å². The van der Waals surface area contributed by atoms with Gasteiger partial charge < -0.3 is 33.5 Å². The van der Waals surface area contributed by atoms with Crippen molar-refractivity contribution in [2.45, 2.75) is 12.0 Å². The van der Waals surface area contributed by atoms with Gasteiger partial charge in [0.25, 0.3) is 0 Å². The van der Waals surface area contributed by atoms with Gasteiger partial charge in [-0.25, -0.2) is 4.79 Å². The Kier molecular flexibility index (Phi) is 5.55. The zero-order valence-corrected chi connectivity index (χ0v) is 20.1. The smallest absolute Gasteiger partial charge is 0.338 e. The maximum absolute atomic E-state index is 13.2. The molecule has 9 heteroatoms. The molecule has 1 N–H and O–H groups in total. The van der Waals surface area contributed by atoms with E-state index in [1.807, 2.05) is 18.2 Å². The topological polar surface area (TPSA) is 110 Å². The number of rotatable bonds is 5. The molecule has 3 aliphatic rings. The van der Waals surface area contributed by atoms with E-state index < -0.39 is 35.8 Å². The van der Waals surface area contributed by atoms with E-state index in [1.165, 1.54) is 14.2 Å². The molecule has 37 heavy (non-hydrogen) atoms. The van der Waals surface area contributed by atoms with Crippen LogP contribution in [0.1, 0.15) is 39.1 Å². The zero-order chi connectivity index (χ0) is 25.7. The maximum atomic E-state index is 13.2. The molecule has 190 valence electrons. The highest BCUT2D eigenvalue weighted by molar-refractivity contribution is 5.89. The summed E-state index contributed by atoms with van der Waals surface area (Å²) in [6, 6.07) is 15.7. The Balaban J connectivity index is 1.53. The van der Waals surface area contributed by atoms with Gasteiger partial charge >= 0.3 is 11.9 Å². The van der Waals surface area contributed by atoms with Gasteiger partial charge in [-0.15, -0.1) is 0 Å². The molecule has 9 nitrogen and oxygen atoms in total. The molecule has 0 aromatic heterocycles. The average Bonchev–Trinajstić information content (AvgIpc) is 3.54. The number of phenols is 1. The molecule has 0 bridgehead atoms. The molecule has 0 amide bonds. The molecule has 3 aromatic carbocycles. The Hall–Kier alpha value is -4.40. The van der Waals surface area contributed by atoms with Gasteiger partial charge in [0.1, 0.15) is 6.10 Å². The maximum Gasteiger partial charge on any atom is 0.338 e. The van der Waals surface area contributed by atoms with Gasteiger partial charge in [0, 0.05) is 17.4 Å². The molecule has 0 spiro atoms. The number of ether oxygens (including phenoxy) is 6. The SMILES string of the molecule is COc1cc([C@@H]2c3cc4c(cc3[C@@H](OC(=O)c3ccccc3)C3COC(=O)[C@@H]32)OCO4)cc(OC)c1O. The predicted octanol–water partition coefficient (Wildman–Crippen LogP) is 3.97. The fraction of sp³-hybridized carbons (Fsp3) is 0.286. The Labute approximate surface area is 212 Å². The minimum Gasteiger partial charge on any atom is -0.502 e. The second-order valence-corrected chi connectivity index (χ2v) is 9.10. The fourth-order valence-electron chi connectivity index (χ4n) is 5.51. The van der Waals surface area contributed by atoms with E-state index >= 15 is 0 Å². The molecular weight excluding hydrogens is 480 g/mol. The van der Waals surface area contributed by atoms with Gasteiger partial charge in [0.15, 0.2) is 23.0 Å². The van der Waals surface area contributed by atoms with Gasteiger partial charge in [-0.05, 0) is 47.5 Å². The summed E-state index contributed by atoms with van der Waals surface area (Å²) < 4.78 is 33.6. The highest BCUT2D eigenvalue weighted by Gasteiger charge is 2.54. The molecule has 4 atom stereocenters. The van der Waals surface area contributed by atoms with E-state index in [-0.39, 0.29) is 30.6 Å². The highest BCUT2D eigenvalue weighted by Crippen LogP contribution is 2.56. The molecule has 0 radical (unpaired) electrons. The quantitative estimate of drug-likeness (QED) is 0.516. The van der Waals surface area contributed by atoms with Gasteiger partial charge in [0.2, 0.25) is 12.5 Å². The number of hydrogen-bond donors (Lipinski definition) is 1. The molecule has 6 rings (SSSR count). The lowest BCUT2D eigenvalue weighted by molar-refractivity contribution is -0.141. The van der Waals surface area contributed by atoms with Crippen LogP contribution in [0.25, 0.3) is 0 Å². The Morgan fingerprint density at radius 1 is 0.919 bits per heavy atom. The minimum atomic E-state index is -0.759. The van der Waals surface area contributed by atoms with Crippen LogP contribution >= 0.6 is 0 Å². The zero-order valence-electron chi connectivity index (χ0n) is 20.1. The van der Waals surface area contributed by atoms with Crippen LogP contribution in [0.15, 0.2) is 54.6 Å². The molecule has 1 aliphatic carbocycles. The predicted molar refractivity (Wildman–Crippen MR) is 128 cm³/mol. The number of phenolic OH excluding ortho intramolecular Hbond substituents is 1. The van der Waals surface area contributed by atoms with Crippen LogP contribution in [0.4, 0.5) is 0 Å². The molecule has 1 fully saturated rings. The van der Waals surface area contributed by atoms with Crippen molar-refractivity contribution >= 4 is 11.9 Å². The third-order valence-electron chi connectivity index (χ3n) is 7.22. The van der Waals surface area contributed by atoms with Crippen molar-refractivity contribution in [2.24, 2.45) is 11.8 Å². The van der Waals surface area contributed by atoms with Crippen molar-refractivity contribution < 1.29 is 43.1 Å². The lowest BCUT2D eigenvalue weighted by Gasteiger charge is -2.38. The summed E-state index contributed by atoms with van der Waals surface area (Å²) in [5.74, 6) is -1.21. The van der Waals surface area contributed by atoms with Gasteiger partial charge in [-0.3, -0.25) is 4.79 Å². The first-order valence-corrected chi connectivity index (χ1v) is 11.8. The Morgan fingerprint density at radius 3 is 2.22 bits per heavy atom. The number of carbonyl (C=O) groups is 2. The number of methoxy groups -OCH3 is 2. The third kappa shape index (κ3) is 3.69. The lowest BCUT2D eigenvalue weighted by atomic mass is 9.66.